The summed E-state index contributed by atoms with van der Waals surface area (Å²) in [6.07, 6.45) is 2.27. The number of hydrogen-bond donors (Lipinski definition) is 0. The first-order valence-electron chi connectivity index (χ1n) is 20.1. The van der Waals surface area contributed by atoms with Gasteiger partial charge in [-0.05, 0) is 119 Å². The average Bonchev–Trinajstić information content (AvgIpc) is 3.84. The zero-order valence-electron chi connectivity index (χ0n) is 33.2. The van der Waals surface area contributed by atoms with E-state index in [-0.39, 0.29) is 10.8 Å². The third kappa shape index (κ3) is 5.80. The summed E-state index contributed by atoms with van der Waals surface area (Å²) in [7, 11) is 0. The molecule has 0 amide bonds. The van der Waals surface area contributed by atoms with Gasteiger partial charge >= 0.3 is 0 Å². The van der Waals surface area contributed by atoms with Crippen molar-refractivity contribution in [1.29, 1.82) is 0 Å². The molecule has 0 saturated carbocycles. The zero-order valence-corrected chi connectivity index (χ0v) is 33.2. The van der Waals surface area contributed by atoms with Crippen molar-refractivity contribution in [2.24, 2.45) is 16.7 Å². The van der Waals surface area contributed by atoms with Crippen molar-refractivity contribution in [3.05, 3.63) is 157 Å². The summed E-state index contributed by atoms with van der Waals surface area (Å²) in [4.78, 5) is 0. The third-order valence-corrected chi connectivity index (χ3v) is 12.0. The summed E-state index contributed by atoms with van der Waals surface area (Å²) >= 11 is 0. The van der Waals surface area contributed by atoms with E-state index in [0.29, 0.717) is 5.92 Å². The second kappa shape index (κ2) is 12.7. The van der Waals surface area contributed by atoms with Gasteiger partial charge in [-0.15, -0.1) is 0 Å². The van der Waals surface area contributed by atoms with Gasteiger partial charge in [-0.25, -0.2) is 0 Å². The van der Waals surface area contributed by atoms with E-state index in [1.807, 2.05) is 0 Å². The Balaban J connectivity index is 1.07. The molecule has 0 saturated heterocycles. The minimum absolute atomic E-state index is 0.229. The molecule has 276 valence electrons. The van der Waals surface area contributed by atoms with Crippen LogP contribution in [0.1, 0.15) is 53.5 Å². The minimum atomic E-state index is 0.229. The predicted octanol–water partition coefficient (Wildman–Crippen LogP) is 15.1. The molecule has 0 aliphatic rings. The summed E-state index contributed by atoms with van der Waals surface area (Å²) in [6.45, 7) is 14.3. The van der Waals surface area contributed by atoms with Crippen LogP contribution in [0.3, 0.4) is 0 Å². The summed E-state index contributed by atoms with van der Waals surface area (Å²) in [5, 5.41) is 7.29. The molecular formula is C53H48N2O. The summed E-state index contributed by atoms with van der Waals surface area (Å²) in [5.74, 6) is 0.586. The number of rotatable bonds is 6. The summed E-state index contributed by atoms with van der Waals surface area (Å²) < 4.78 is 11.3. The molecule has 1 atom stereocenters. The molecule has 0 spiro atoms. The molecule has 3 aromatic heterocycles. The first-order chi connectivity index (χ1) is 27.0. The summed E-state index contributed by atoms with van der Waals surface area (Å²) in [5.41, 5.74) is 13.3. The monoisotopic (exact) mass is 728 g/mol. The molecule has 3 nitrogen and oxygen atoms in total. The lowest BCUT2D eigenvalue weighted by atomic mass is 9.70. The number of furan rings is 1. The van der Waals surface area contributed by atoms with Gasteiger partial charge < -0.3 is 13.6 Å². The lowest BCUT2D eigenvalue weighted by molar-refractivity contribution is 0.164. The SMILES string of the molecule is CC(C)(C)CC(Cc1cccc(-n2c3ccccc3c3cc(-c4ccc5oc6ccc(-n7c8ccccc8c8ccccc87)cc6c5c4)ccc32)c1)C(C)(C)C. The van der Waals surface area contributed by atoms with Crippen molar-refractivity contribution in [3.63, 3.8) is 0 Å². The highest BCUT2D eigenvalue weighted by Crippen LogP contribution is 2.41. The van der Waals surface area contributed by atoms with Crippen LogP contribution in [-0.2, 0) is 6.42 Å². The van der Waals surface area contributed by atoms with Gasteiger partial charge in [-0.3, -0.25) is 0 Å². The standard InChI is InChI=1S/C53H48N2O/c1-52(2,3)33-37(53(4,5)6)28-34-14-13-15-38(29-34)54-48-21-12-9-18-42(48)43-30-35(22-25-49(43)54)36-23-26-50-44(31-36)45-32-39(24-27-51(45)56-50)55-46-19-10-7-16-40(46)41-17-8-11-20-47(41)55/h7-27,29-32,37H,28,33H2,1-6H3. The maximum absolute atomic E-state index is 6.43. The molecule has 56 heavy (non-hydrogen) atoms. The smallest absolute Gasteiger partial charge is 0.135 e. The molecule has 3 heterocycles. The van der Waals surface area contributed by atoms with Crippen LogP contribution < -0.4 is 0 Å². The van der Waals surface area contributed by atoms with E-state index in [1.54, 1.807) is 0 Å². The topological polar surface area (TPSA) is 23.0 Å². The van der Waals surface area contributed by atoms with Crippen LogP contribution in [0.25, 0.3) is 88.1 Å². The third-order valence-electron chi connectivity index (χ3n) is 12.0. The van der Waals surface area contributed by atoms with Gasteiger partial charge in [0, 0.05) is 43.7 Å². The fourth-order valence-corrected chi connectivity index (χ4v) is 9.25. The second-order valence-electron chi connectivity index (χ2n) is 18.1. The Hall–Kier alpha value is -6.06. The summed E-state index contributed by atoms with van der Waals surface area (Å²) in [6, 6.07) is 55.7. The number of benzene rings is 7. The highest BCUT2D eigenvalue weighted by Gasteiger charge is 2.29. The molecular weight excluding hydrogens is 681 g/mol. The van der Waals surface area contributed by atoms with Crippen molar-refractivity contribution in [2.45, 2.75) is 54.4 Å². The first kappa shape index (κ1) is 34.4. The Morgan fingerprint density at radius 2 is 0.946 bits per heavy atom. The number of fused-ring (bicyclic) bond motifs is 9. The van der Waals surface area contributed by atoms with Gasteiger partial charge in [-0.1, -0.05) is 120 Å². The molecule has 0 fully saturated rings. The van der Waals surface area contributed by atoms with E-state index in [2.05, 4.69) is 202 Å². The van der Waals surface area contributed by atoms with Gasteiger partial charge in [0.05, 0.1) is 22.1 Å². The molecule has 0 bridgehead atoms. The van der Waals surface area contributed by atoms with Crippen LogP contribution in [0.5, 0.6) is 0 Å². The lowest BCUT2D eigenvalue weighted by Gasteiger charge is -2.36. The van der Waals surface area contributed by atoms with E-state index < -0.39 is 0 Å². The number of aromatic nitrogens is 2. The van der Waals surface area contributed by atoms with Crippen LogP contribution in [0, 0.1) is 16.7 Å². The van der Waals surface area contributed by atoms with E-state index in [4.69, 9.17) is 4.42 Å². The zero-order chi connectivity index (χ0) is 38.3. The van der Waals surface area contributed by atoms with Crippen molar-refractivity contribution >= 4 is 65.6 Å². The normalized spacial score (nSPS) is 13.2. The molecule has 0 radical (unpaired) electrons. The van der Waals surface area contributed by atoms with Gasteiger partial charge in [0.2, 0.25) is 0 Å². The van der Waals surface area contributed by atoms with Crippen molar-refractivity contribution in [1.82, 2.24) is 9.13 Å². The lowest BCUT2D eigenvalue weighted by Crippen LogP contribution is -2.27. The number of para-hydroxylation sites is 3. The Labute approximate surface area is 328 Å². The Morgan fingerprint density at radius 3 is 1.55 bits per heavy atom. The van der Waals surface area contributed by atoms with Crippen LogP contribution >= 0.6 is 0 Å². The van der Waals surface area contributed by atoms with Crippen LogP contribution in [0.4, 0.5) is 0 Å². The molecule has 0 N–H and O–H groups in total. The fraction of sp³-hybridized carbons (Fsp3) is 0.208. The van der Waals surface area contributed by atoms with E-state index in [9.17, 15) is 0 Å². The average molecular weight is 729 g/mol. The van der Waals surface area contributed by atoms with E-state index >= 15 is 0 Å². The molecule has 0 aliphatic carbocycles. The van der Waals surface area contributed by atoms with Gasteiger partial charge in [0.15, 0.2) is 0 Å². The fourth-order valence-electron chi connectivity index (χ4n) is 9.25. The van der Waals surface area contributed by atoms with Gasteiger partial charge in [0.25, 0.3) is 0 Å². The second-order valence-corrected chi connectivity index (χ2v) is 18.1. The van der Waals surface area contributed by atoms with E-state index in [0.717, 1.165) is 34.0 Å². The Morgan fingerprint density at radius 1 is 0.446 bits per heavy atom. The van der Waals surface area contributed by atoms with Gasteiger partial charge in [0.1, 0.15) is 11.2 Å². The van der Waals surface area contributed by atoms with Crippen LogP contribution in [0.15, 0.2) is 156 Å². The number of nitrogens with zero attached hydrogens (tertiary/aromatic N) is 2. The quantitative estimate of drug-likeness (QED) is 0.167. The molecule has 1 unspecified atom stereocenters. The highest BCUT2D eigenvalue weighted by atomic mass is 16.3. The molecule has 0 aliphatic heterocycles. The molecule has 10 rings (SSSR count). The van der Waals surface area contributed by atoms with Crippen LogP contribution in [0.2, 0.25) is 0 Å². The van der Waals surface area contributed by atoms with Crippen molar-refractivity contribution in [3.8, 4) is 22.5 Å². The van der Waals surface area contributed by atoms with Crippen LogP contribution in [-0.4, -0.2) is 9.13 Å². The largest absolute Gasteiger partial charge is 0.456 e. The Bertz CT molecular complexity index is 3060. The first-order valence-corrected chi connectivity index (χ1v) is 20.1. The molecule has 10 aromatic rings. The molecule has 3 heteroatoms. The van der Waals surface area contributed by atoms with Gasteiger partial charge in [-0.2, -0.15) is 0 Å². The Kier molecular flexibility index (Phi) is 7.84. The molecule has 7 aromatic carbocycles. The number of hydrogen-bond acceptors (Lipinski definition) is 1. The van der Waals surface area contributed by atoms with Crippen molar-refractivity contribution < 1.29 is 4.42 Å². The maximum atomic E-state index is 6.43. The highest BCUT2D eigenvalue weighted by molar-refractivity contribution is 6.12. The van der Waals surface area contributed by atoms with Crippen molar-refractivity contribution in [2.75, 3.05) is 0 Å². The maximum Gasteiger partial charge on any atom is 0.135 e. The predicted molar refractivity (Wildman–Crippen MR) is 239 cm³/mol. The van der Waals surface area contributed by atoms with E-state index in [1.165, 1.54) is 72.4 Å². The minimum Gasteiger partial charge on any atom is -0.456 e.